The third-order valence-corrected chi connectivity index (χ3v) is 3.19. The molecule has 1 N–H and O–H groups in total. The van der Waals surface area contributed by atoms with Crippen molar-refractivity contribution >= 4 is 5.97 Å². The lowest BCUT2D eigenvalue weighted by Gasteiger charge is -2.22. The first-order valence-corrected chi connectivity index (χ1v) is 6.02. The zero-order valence-corrected chi connectivity index (χ0v) is 10.4. The Balaban J connectivity index is 2.11. The molecule has 1 saturated heterocycles. The molecule has 0 radical (unpaired) electrons. The molecule has 1 aliphatic heterocycles. The minimum atomic E-state index is -0.343. The molecule has 17 heavy (non-hydrogen) atoms. The van der Waals surface area contributed by atoms with E-state index in [-0.39, 0.29) is 5.97 Å². The first-order chi connectivity index (χ1) is 8.20. The Bertz CT molecular complexity index is 394. The van der Waals surface area contributed by atoms with Crippen LogP contribution in [-0.4, -0.2) is 35.9 Å². The molecular formula is C12H19N3O2. The summed E-state index contributed by atoms with van der Waals surface area (Å²) < 4.78 is 6.43. The number of aromatic nitrogens is 2. The van der Waals surface area contributed by atoms with Crippen LogP contribution in [0.2, 0.25) is 0 Å². The highest BCUT2D eigenvalue weighted by molar-refractivity contribution is 5.88. The molecule has 1 aromatic rings. The van der Waals surface area contributed by atoms with Crippen molar-refractivity contribution in [1.29, 1.82) is 0 Å². The van der Waals surface area contributed by atoms with Crippen LogP contribution >= 0.6 is 0 Å². The average Bonchev–Trinajstić information content (AvgIpc) is 2.70. The molecule has 0 aliphatic carbocycles. The van der Waals surface area contributed by atoms with E-state index in [2.05, 4.69) is 10.4 Å². The highest BCUT2D eigenvalue weighted by atomic mass is 16.5. The molecule has 5 nitrogen and oxygen atoms in total. The molecule has 94 valence electrons. The summed E-state index contributed by atoms with van der Waals surface area (Å²) in [6.07, 6.45) is 5.23. The first kappa shape index (κ1) is 12.1. The Morgan fingerprint density at radius 1 is 1.71 bits per heavy atom. The van der Waals surface area contributed by atoms with Gasteiger partial charge in [-0.25, -0.2) is 4.79 Å². The van der Waals surface area contributed by atoms with Crippen LogP contribution in [0.1, 0.15) is 28.9 Å². The second kappa shape index (κ2) is 5.31. The summed E-state index contributed by atoms with van der Waals surface area (Å²) in [7, 11) is 3.22. The normalized spacial score (nSPS) is 20.2. The smallest absolute Gasteiger partial charge is 0.358 e. The van der Waals surface area contributed by atoms with Gasteiger partial charge in [-0.3, -0.25) is 4.68 Å². The van der Waals surface area contributed by atoms with Crippen molar-refractivity contribution in [3.63, 3.8) is 0 Å². The highest BCUT2D eigenvalue weighted by Crippen LogP contribution is 2.18. The van der Waals surface area contributed by atoms with Crippen molar-refractivity contribution in [3.8, 4) is 0 Å². The Kier molecular flexibility index (Phi) is 3.78. The SMILES string of the molecule is COC(=O)c1nn(C)cc1CC1CCCNC1. The van der Waals surface area contributed by atoms with Gasteiger partial charge >= 0.3 is 5.97 Å². The van der Waals surface area contributed by atoms with Gasteiger partial charge in [0.25, 0.3) is 0 Å². The number of carbonyl (C=O) groups is 1. The minimum absolute atomic E-state index is 0.343. The van der Waals surface area contributed by atoms with Crippen molar-refractivity contribution in [3.05, 3.63) is 17.5 Å². The summed E-state index contributed by atoms with van der Waals surface area (Å²) in [5.74, 6) is 0.251. The molecule has 0 amide bonds. The minimum Gasteiger partial charge on any atom is -0.464 e. The van der Waals surface area contributed by atoms with Crippen molar-refractivity contribution < 1.29 is 9.53 Å². The fourth-order valence-electron chi connectivity index (χ4n) is 2.36. The molecule has 1 aromatic heterocycles. The number of rotatable bonds is 3. The van der Waals surface area contributed by atoms with E-state index in [1.54, 1.807) is 4.68 Å². The molecule has 1 aliphatic rings. The van der Waals surface area contributed by atoms with Gasteiger partial charge in [-0.15, -0.1) is 0 Å². The van der Waals surface area contributed by atoms with Gasteiger partial charge < -0.3 is 10.1 Å². The zero-order valence-electron chi connectivity index (χ0n) is 10.4. The van der Waals surface area contributed by atoms with Crippen LogP contribution < -0.4 is 5.32 Å². The molecule has 0 spiro atoms. The molecule has 0 aromatic carbocycles. The summed E-state index contributed by atoms with van der Waals surface area (Å²) >= 11 is 0. The number of hydrogen-bond acceptors (Lipinski definition) is 4. The molecule has 2 rings (SSSR count). The van der Waals surface area contributed by atoms with E-state index in [1.807, 2.05) is 13.2 Å². The van der Waals surface area contributed by atoms with E-state index in [0.717, 1.165) is 25.1 Å². The molecule has 0 bridgehead atoms. The van der Waals surface area contributed by atoms with Gasteiger partial charge in [0.1, 0.15) is 0 Å². The van der Waals surface area contributed by atoms with Gasteiger partial charge in [-0.1, -0.05) is 0 Å². The maximum atomic E-state index is 11.6. The van der Waals surface area contributed by atoms with Crippen LogP contribution in [0.25, 0.3) is 0 Å². The van der Waals surface area contributed by atoms with Crippen LogP contribution in [0.4, 0.5) is 0 Å². The Labute approximate surface area is 101 Å². The van der Waals surface area contributed by atoms with Gasteiger partial charge in [-0.2, -0.15) is 5.10 Å². The topological polar surface area (TPSA) is 56.1 Å². The number of hydrogen-bond donors (Lipinski definition) is 1. The monoisotopic (exact) mass is 237 g/mol. The van der Waals surface area contributed by atoms with Crippen LogP contribution in [0, 0.1) is 5.92 Å². The average molecular weight is 237 g/mol. The third-order valence-electron chi connectivity index (χ3n) is 3.19. The van der Waals surface area contributed by atoms with E-state index in [0.29, 0.717) is 11.6 Å². The van der Waals surface area contributed by atoms with E-state index >= 15 is 0 Å². The van der Waals surface area contributed by atoms with Gasteiger partial charge in [0.05, 0.1) is 7.11 Å². The Morgan fingerprint density at radius 2 is 2.53 bits per heavy atom. The predicted octanol–water partition coefficient (Wildman–Crippen LogP) is 0.749. The molecule has 2 heterocycles. The number of carbonyl (C=O) groups excluding carboxylic acids is 1. The number of esters is 1. The summed E-state index contributed by atoms with van der Waals surface area (Å²) in [6, 6.07) is 0. The van der Waals surface area contributed by atoms with Gasteiger partial charge in [0.15, 0.2) is 5.69 Å². The number of aryl methyl sites for hydroxylation is 1. The van der Waals surface area contributed by atoms with E-state index in [4.69, 9.17) is 4.74 Å². The quantitative estimate of drug-likeness (QED) is 0.788. The molecule has 0 saturated carbocycles. The van der Waals surface area contributed by atoms with Crippen LogP contribution in [0.5, 0.6) is 0 Å². The fourth-order valence-corrected chi connectivity index (χ4v) is 2.36. The van der Waals surface area contributed by atoms with Crippen LogP contribution in [0.15, 0.2) is 6.20 Å². The van der Waals surface area contributed by atoms with Gasteiger partial charge in [0, 0.05) is 18.8 Å². The first-order valence-electron chi connectivity index (χ1n) is 6.02. The molecule has 1 unspecified atom stereocenters. The number of ether oxygens (including phenoxy) is 1. The van der Waals surface area contributed by atoms with Crippen molar-refractivity contribution in [2.24, 2.45) is 13.0 Å². The van der Waals surface area contributed by atoms with E-state index in [9.17, 15) is 4.79 Å². The highest BCUT2D eigenvalue weighted by Gasteiger charge is 2.21. The lowest BCUT2D eigenvalue weighted by molar-refractivity contribution is 0.0591. The molecule has 1 fully saturated rings. The van der Waals surface area contributed by atoms with E-state index < -0.39 is 0 Å². The maximum absolute atomic E-state index is 11.6. The van der Waals surface area contributed by atoms with Crippen molar-refractivity contribution in [1.82, 2.24) is 15.1 Å². The summed E-state index contributed by atoms with van der Waals surface area (Å²) in [5.41, 5.74) is 1.45. The fraction of sp³-hybridized carbons (Fsp3) is 0.667. The second-order valence-electron chi connectivity index (χ2n) is 4.58. The summed E-state index contributed by atoms with van der Waals surface area (Å²) in [5, 5.41) is 7.55. The standard InChI is InChI=1S/C12H19N3O2/c1-15-8-10(11(14-15)12(16)17-2)6-9-4-3-5-13-7-9/h8-9,13H,3-7H2,1-2H3. The second-order valence-corrected chi connectivity index (χ2v) is 4.58. The van der Waals surface area contributed by atoms with Gasteiger partial charge in [0.2, 0.25) is 0 Å². The maximum Gasteiger partial charge on any atom is 0.358 e. The number of nitrogens with zero attached hydrogens (tertiary/aromatic N) is 2. The van der Waals surface area contributed by atoms with E-state index in [1.165, 1.54) is 20.0 Å². The molecular weight excluding hydrogens is 218 g/mol. The Hall–Kier alpha value is -1.36. The van der Waals surface area contributed by atoms with Crippen molar-refractivity contribution in [2.75, 3.05) is 20.2 Å². The number of piperidine rings is 1. The number of nitrogens with one attached hydrogen (secondary N) is 1. The lowest BCUT2D eigenvalue weighted by Crippen LogP contribution is -2.31. The van der Waals surface area contributed by atoms with Crippen LogP contribution in [0.3, 0.4) is 0 Å². The predicted molar refractivity (Wildman–Crippen MR) is 63.8 cm³/mol. The summed E-state index contributed by atoms with van der Waals surface area (Å²) in [6.45, 7) is 2.13. The largest absolute Gasteiger partial charge is 0.464 e. The Morgan fingerprint density at radius 3 is 3.18 bits per heavy atom. The lowest BCUT2D eigenvalue weighted by atomic mass is 9.92. The number of methoxy groups -OCH3 is 1. The zero-order chi connectivity index (χ0) is 12.3. The third kappa shape index (κ3) is 2.85. The molecule has 5 heteroatoms. The van der Waals surface area contributed by atoms with Crippen LogP contribution in [-0.2, 0) is 18.2 Å². The van der Waals surface area contributed by atoms with Crippen molar-refractivity contribution in [2.45, 2.75) is 19.3 Å². The molecule has 1 atom stereocenters. The summed E-state index contributed by atoms with van der Waals surface area (Å²) in [4.78, 5) is 11.6. The van der Waals surface area contributed by atoms with Gasteiger partial charge in [-0.05, 0) is 38.3 Å².